The molecular formula is C13H19N3O2. The number of hydrogen-bond acceptors (Lipinski definition) is 3. The molecule has 98 valence electrons. The SMILES string of the molecule is COc1cccnc1NC(=O)NC1CCCCC1. The molecule has 2 amide bonds. The largest absolute Gasteiger partial charge is 0.493 e. The molecule has 0 aromatic carbocycles. The topological polar surface area (TPSA) is 63.2 Å². The molecule has 0 bridgehead atoms. The minimum absolute atomic E-state index is 0.209. The number of urea groups is 1. The highest BCUT2D eigenvalue weighted by atomic mass is 16.5. The first-order valence-electron chi connectivity index (χ1n) is 6.36. The zero-order valence-electron chi connectivity index (χ0n) is 10.6. The highest BCUT2D eigenvalue weighted by Crippen LogP contribution is 2.20. The fourth-order valence-electron chi connectivity index (χ4n) is 2.23. The van der Waals surface area contributed by atoms with Crippen LogP contribution in [0.25, 0.3) is 0 Å². The predicted octanol–water partition coefficient (Wildman–Crippen LogP) is 2.54. The summed E-state index contributed by atoms with van der Waals surface area (Å²) < 4.78 is 5.13. The molecule has 1 saturated carbocycles. The molecule has 1 aliphatic carbocycles. The molecule has 18 heavy (non-hydrogen) atoms. The molecule has 1 heterocycles. The number of carbonyl (C=O) groups is 1. The molecule has 1 fully saturated rings. The Balaban J connectivity index is 1.90. The number of pyridine rings is 1. The quantitative estimate of drug-likeness (QED) is 0.865. The Morgan fingerprint density at radius 3 is 2.89 bits per heavy atom. The summed E-state index contributed by atoms with van der Waals surface area (Å²) in [6.07, 6.45) is 7.40. The van der Waals surface area contributed by atoms with E-state index in [4.69, 9.17) is 4.74 Å². The van der Waals surface area contributed by atoms with E-state index in [1.807, 2.05) is 0 Å². The molecular weight excluding hydrogens is 230 g/mol. The molecule has 2 rings (SSSR count). The Bertz CT molecular complexity index is 403. The summed E-state index contributed by atoms with van der Waals surface area (Å²) in [7, 11) is 1.56. The molecule has 5 heteroatoms. The first-order valence-corrected chi connectivity index (χ1v) is 6.36. The number of amides is 2. The van der Waals surface area contributed by atoms with E-state index in [-0.39, 0.29) is 12.1 Å². The van der Waals surface area contributed by atoms with Gasteiger partial charge in [-0.3, -0.25) is 5.32 Å². The number of rotatable bonds is 3. The van der Waals surface area contributed by atoms with Crippen molar-refractivity contribution < 1.29 is 9.53 Å². The molecule has 0 aliphatic heterocycles. The zero-order chi connectivity index (χ0) is 12.8. The highest BCUT2D eigenvalue weighted by Gasteiger charge is 2.16. The Morgan fingerprint density at radius 1 is 1.39 bits per heavy atom. The fraction of sp³-hybridized carbons (Fsp3) is 0.538. The summed E-state index contributed by atoms with van der Waals surface area (Å²) in [5.41, 5.74) is 0. The summed E-state index contributed by atoms with van der Waals surface area (Å²) >= 11 is 0. The van der Waals surface area contributed by atoms with E-state index in [0.717, 1.165) is 12.8 Å². The normalized spacial score (nSPS) is 16.1. The van der Waals surface area contributed by atoms with Crippen LogP contribution in [0.4, 0.5) is 10.6 Å². The Kier molecular flexibility index (Phi) is 4.39. The van der Waals surface area contributed by atoms with Crippen molar-refractivity contribution >= 4 is 11.8 Å². The summed E-state index contributed by atoms with van der Waals surface area (Å²) in [5.74, 6) is 1.02. The fourth-order valence-corrected chi connectivity index (χ4v) is 2.23. The monoisotopic (exact) mass is 249 g/mol. The van der Waals surface area contributed by atoms with Gasteiger partial charge in [0.05, 0.1) is 7.11 Å². The van der Waals surface area contributed by atoms with Crippen LogP contribution in [0.1, 0.15) is 32.1 Å². The van der Waals surface area contributed by atoms with Crippen LogP contribution in [0, 0.1) is 0 Å². The third-order valence-electron chi connectivity index (χ3n) is 3.16. The lowest BCUT2D eigenvalue weighted by Gasteiger charge is -2.22. The van der Waals surface area contributed by atoms with E-state index in [1.165, 1.54) is 19.3 Å². The standard InChI is InChI=1S/C13H19N3O2/c1-18-11-8-5-9-14-12(11)16-13(17)15-10-6-3-2-4-7-10/h5,8-10H,2-4,6-7H2,1H3,(H2,14,15,16,17). The number of methoxy groups -OCH3 is 1. The lowest BCUT2D eigenvalue weighted by molar-refractivity contribution is 0.244. The van der Waals surface area contributed by atoms with Gasteiger partial charge in [-0.2, -0.15) is 0 Å². The van der Waals surface area contributed by atoms with Crippen molar-refractivity contribution in [1.29, 1.82) is 0 Å². The van der Waals surface area contributed by atoms with Crippen LogP contribution in [0.5, 0.6) is 5.75 Å². The van der Waals surface area contributed by atoms with Crippen molar-refractivity contribution in [3.05, 3.63) is 18.3 Å². The third kappa shape index (κ3) is 3.35. The van der Waals surface area contributed by atoms with Crippen molar-refractivity contribution in [1.82, 2.24) is 10.3 Å². The van der Waals surface area contributed by atoms with E-state index in [2.05, 4.69) is 15.6 Å². The van der Waals surface area contributed by atoms with Gasteiger partial charge in [-0.05, 0) is 25.0 Å². The smallest absolute Gasteiger partial charge is 0.320 e. The minimum Gasteiger partial charge on any atom is -0.493 e. The van der Waals surface area contributed by atoms with Crippen molar-refractivity contribution in [3.8, 4) is 5.75 Å². The number of hydrogen-bond donors (Lipinski definition) is 2. The Morgan fingerprint density at radius 2 is 2.17 bits per heavy atom. The number of anilines is 1. The maximum Gasteiger partial charge on any atom is 0.320 e. The maximum absolute atomic E-state index is 11.8. The minimum atomic E-state index is -0.209. The lowest BCUT2D eigenvalue weighted by atomic mass is 9.96. The zero-order valence-corrected chi connectivity index (χ0v) is 10.6. The number of nitrogens with one attached hydrogen (secondary N) is 2. The van der Waals surface area contributed by atoms with Gasteiger partial charge in [0.2, 0.25) is 0 Å². The van der Waals surface area contributed by atoms with E-state index in [1.54, 1.807) is 25.4 Å². The van der Waals surface area contributed by atoms with Crippen LogP contribution in [-0.2, 0) is 0 Å². The van der Waals surface area contributed by atoms with Gasteiger partial charge in [-0.25, -0.2) is 9.78 Å². The molecule has 1 aliphatic rings. The van der Waals surface area contributed by atoms with E-state index in [9.17, 15) is 4.79 Å². The van der Waals surface area contributed by atoms with Crippen molar-refractivity contribution in [2.75, 3.05) is 12.4 Å². The van der Waals surface area contributed by atoms with Crippen molar-refractivity contribution in [2.45, 2.75) is 38.1 Å². The molecule has 5 nitrogen and oxygen atoms in total. The molecule has 2 N–H and O–H groups in total. The average Bonchev–Trinajstić information content (AvgIpc) is 2.40. The second-order valence-electron chi connectivity index (χ2n) is 4.49. The van der Waals surface area contributed by atoms with Gasteiger partial charge in [-0.1, -0.05) is 19.3 Å². The lowest BCUT2D eigenvalue weighted by Crippen LogP contribution is -2.39. The Labute approximate surface area is 107 Å². The van der Waals surface area contributed by atoms with E-state index in [0.29, 0.717) is 11.6 Å². The van der Waals surface area contributed by atoms with Gasteiger partial charge < -0.3 is 10.1 Å². The van der Waals surface area contributed by atoms with Crippen LogP contribution in [0.2, 0.25) is 0 Å². The van der Waals surface area contributed by atoms with Crippen LogP contribution in [0.15, 0.2) is 18.3 Å². The molecule has 0 unspecified atom stereocenters. The van der Waals surface area contributed by atoms with Crippen LogP contribution in [-0.4, -0.2) is 24.2 Å². The summed E-state index contributed by atoms with van der Waals surface area (Å²) in [6, 6.07) is 3.61. The summed E-state index contributed by atoms with van der Waals surface area (Å²) in [4.78, 5) is 15.9. The van der Waals surface area contributed by atoms with Crippen LogP contribution in [0.3, 0.4) is 0 Å². The number of nitrogens with zero attached hydrogens (tertiary/aromatic N) is 1. The molecule has 0 spiro atoms. The second kappa shape index (κ2) is 6.23. The number of carbonyl (C=O) groups excluding carboxylic acids is 1. The maximum atomic E-state index is 11.8. The van der Waals surface area contributed by atoms with Crippen molar-refractivity contribution in [3.63, 3.8) is 0 Å². The third-order valence-corrected chi connectivity index (χ3v) is 3.16. The van der Waals surface area contributed by atoms with Gasteiger partial charge >= 0.3 is 6.03 Å². The second-order valence-corrected chi connectivity index (χ2v) is 4.49. The summed E-state index contributed by atoms with van der Waals surface area (Å²) in [5, 5.41) is 5.70. The van der Waals surface area contributed by atoms with Crippen LogP contribution >= 0.6 is 0 Å². The number of aromatic nitrogens is 1. The molecule has 1 aromatic rings. The first kappa shape index (κ1) is 12.7. The van der Waals surface area contributed by atoms with Gasteiger partial charge in [0.25, 0.3) is 0 Å². The first-order chi connectivity index (χ1) is 8.79. The molecule has 0 saturated heterocycles. The van der Waals surface area contributed by atoms with E-state index >= 15 is 0 Å². The average molecular weight is 249 g/mol. The highest BCUT2D eigenvalue weighted by molar-refractivity contribution is 5.89. The summed E-state index contributed by atoms with van der Waals surface area (Å²) in [6.45, 7) is 0. The predicted molar refractivity (Wildman–Crippen MR) is 69.8 cm³/mol. The molecule has 0 radical (unpaired) electrons. The Hall–Kier alpha value is -1.78. The van der Waals surface area contributed by atoms with Crippen LogP contribution < -0.4 is 15.4 Å². The van der Waals surface area contributed by atoms with E-state index < -0.39 is 0 Å². The van der Waals surface area contributed by atoms with Gasteiger partial charge in [0.1, 0.15) is 0 Å². The molecule has 0 atom stereocenters. The van der Waals surface area contributed by atoms with Crippen molar-refractivity contribution in [2.24, 2.45) is 0 Å². The van der Waals surface area contributed by atoms with Gasteiger partial charge in [0, 0.05) is 12.2 Å². The number of ether oxygens (including phenoxy) is 1. The van der Waals surface area contributed by atoms with Gasteiger partial charge in [0.15, 0.2) is 11.6 Å². The molecule has 1 aromatic heterocycles. The van der Waals surface area contributed by atoms with Gasteiger partial charge in [-0.15, -0.1) is 0 Å².